The summed E-state index contributed by atoms with van der Waals surface area (Å²) in [5.74, 6) is -1.40. The summed E-state index contributed by atoms with van der Waals surface area (Å²) in [6, 6.07) is 11.7. The number of benzene rings is 2. The number of aryl methyl sites for hydroxylation is 1. The number of carbonyl (C=O) groups is 3. The van der Waals surface area contributed by atoms with Crippen LogP contribution in [0.4, 0.5) is 4.39 Å². The Kier molecular flexibility index (Phi) is 7.32. The van der Waals surface area contributed by atoms with E-state index in [1.54, 1.807) is 35.2 Å². The van der Waals surface area contributed by atoms with Crippen LogP contribution in [0.5, 0.6) is 0 Å². The van der Waals surface area contributed by atoms with Crippen LogP contribution in [0.15, 0.2) is 42.5 Å². The number of nitrogens with zero attached hydrogens (tertiary/aromatic N) is 3. The van der Waals surface area contributed by atoms with E-state index >= 15 is 0 Å². The lowest BCUT2D eigenvalue weighted by Crippen LogP contribution is -2.57. The number of carbonyl (C=O) groups excluding carboxylic acids is 3. The molecule has 0 unspecified atom stereocenters. The van der Waals surface area contributed by atoms with Crippen LogP contribution >= 0.6 is 0 Å². The Morgan fingerprint density at radius 1 is 0.974 bits per heavy atom. The number of hydrogen-bond acceptors (Lipinski definition) is 5. The first-order valence-corrected chi connectivity index (χ1v) is 13.2. The van der Waals surface area contributed by atoms with E-state index in [0.29, 0.717) is 62.3 Å². The predicted molar refractivity (Wildman–Crippen MR) is 144 cm³/mol. The van der Waals surface area contributed by atoms with E-state index in [1.807, 2.05) is 18.7 Å². The van der Waals surface area contributed by atoms with Crippen LogP contribution < -0.4 is 5.32 Å². The second-order valence-electron chi connectivity index (χ2n) is 10.5. The number of halogens is 1. The maximum atomic E-state index is 13.9. The molecule has 2 N–H and O–H groups in total. The number of ketones is 1. The number of H-pyrrole nitrogens is 1. The highest BCUT2D eigenvalue weighted by molar-refractivity contribution is 6.43. The molecule has 5 rings (SSSR count). The van der Waals surface area contributed by atoms with E-state index in [1.165, 1.54) is 12.1 Å². The third-order valence-corrected chi connectivity index (χ3v) is 7.74. The van der Waals surface area contributed by atoms with Crippen LogP contribution in [0, 0.1) is 12.7 Å². The SMILES string of the molecule is Cc1[nH]c2ccc(C(=O)C(=O)N3CCNCC3)cc2c1C(=O)N1C[C@@H](C)N(Cc2ccc(F)cc2)C[C@H]1C. The first kappa shape index (κ1) is 26.1. The molecule has 1 aromatic heterocycles. The van der Waals surface area contributed by atoms with Crippen LogP contribution in [-0.4, -0.2) is 88.6 Å². The fourth-order valence-corrected chi connectivity index (χ4v) is 5.55. The van der Waals surface area contributed by atoms with Gasteiger partial charge >= 0.3 is 0 Å². The van der Waals surface area contributed by atoms with Gasteiger partial charge in [-0.05, 0) is 56.7 Å². The summed E-state index contributed by atoms with van der Waals surface area (Å²) >= 11 is 0. The number of amides is 2. The van der Waals surface area contributed by atoms with Crippen LogP contribution in [0.3, 0.4) is 0 Å². The number of fused-ring (bicyclic) bond motifs is 1. The molecule has 2 fully saturated rings. The van der Waals surface area contributed by atoms with Gasteiger partial charge in [0.2, 0.25) is 5.78 Å². The van der Waals surface area contributed by atoms with E-state index in [4.69, 9.17) is 0 Å². The van der Waals surface area contributed by atoms with Gasteiger partial charge in [-0.3, -0.25) is 19.3 Å². The minimum absolute atomic E-state index is 0.0393. The van der Waals surface area contributed by atoms with Gasteiger partial charge in [-0.1, -0.05) is 12.1 Å². The molecular formula is C29H34FN5O3. The molecule has 2 amide bonds. The number of hydrogen-bond donors (Lipinski definition) is 2. The molecule has 200 valence electrons. The summed E-state index contributed by atoms with van der Waals surface area (Å²) in [7, 11) is 0. The van der Waals surface area contributed by atoms with Gasteiger partial charge in [0.25, 0.3) is 11.8 Å². The molecule has 2 aromatic carbocycles. The molecule has 0 aliphatic carbocycles. The number of aromatic nitrogens is 1. The van der Waals surface area contributed by atoms with Gasteiger partial charge in [0.1, 0.15) is 5.82 Å². The molecule has 38 heavy (non-hydrogen) atoms. The van der Waals surface area contributed by atoms with Crippen LogP contribution in [-0.2, 0) is 11.3 Å². The highest BCUT2D eigenvalue weighted by Crippen LogP contribution is 2.28. The molecule has 0 saturated carbocycles. The Morgan fingerprint density at radius 2 is 1.68 bits per heavy atom. The van der Waals surface area contributed by atoms with Gasteiger partial charge in [0.05, 0.1) is 5.56 Å². The first-order chi connectivity index (χ1) is 18.2. The highest BCUT2D eigenvalue weighted by Gasteiger charge is 2.34. The van der Waals surface area contributed by atoms with Crippen LogP contribution in [0.1, 0.15) is 45.8 Å². The molecule has 9 heteroatoms. The van der Waals surface area contributed by atoms with Crippen molar-refractivity contribution in [1.29, 1.82) is 0 Å². The Hall–Kier alpha value is -3.56. The van der Waals surface area contributed by atoms with Gasteiger partial charge in [-0.2, -0.15) is 0 Å². The van der Waals surface area contributed by atoms with Gasteiger partial charge in [0.15, 0.2) is 0 Å². The molecule has 2 aliphatic rings. The molecule has 2 atom stereocenters. The van der Waals surface area contributed by atoms with Gasteiger partial charge in [-0.25, -0.2) is 4.39 Å². The van der Waals surface area contributed by atoms with E-state index in [-0.39, 0.29) is 23.8 Å². The molecule has 2 aliphatic heterocycles. The third-order valence-electron chi connectivity index (χ3n) is 7.74. The van der Waals surface area contributed by atoms with Crippen molar-refractivity contribution in [2.24, 2.45) is 0 Å². The zero-order chi connectivity index (χ0) is 27.0. The number of Topliss-reactive ketones (excluding diaryl/α,β-unsaturated/α-hetero) is 1. The second kappa shape index (κ2) is 10.7. The van der Waals surface area contributed by atoms with E-state index in [2.05, 4.69) is 22.1 Å². The smallest absolute Gasteiger partial charge is 0.295 e. The summed E-state index contributed by atoms with van der Waals surface area (Å²) in [6.07, 6.45) is 0. The van der Waals surface area contributed by atoms with Gasteiger partial charge in [0, 0.05) is 80.1 Å². The van der Waals surface area contributed by atoms with Gasteiger partial charge in [-0.15, -0.1) is 0 Å². The van der Waals surface area contributed by atoms with Crippen molar-refractivity contribution in [1.82, 2.24) is 25.0 Å². The molecular weight excluding hydrogens is 485 g/mol. The van der Waals surface area contributed by atoms with E-state index < -0.39 is 11.7 Å². The minimum atomic E-state index is -0.553. The minimum Gasteiger partial charge on any atom is -0.358 e. The summed E-state index contributed by atoms with van der Waals surface area (Å²) in [5, 5.41) is 3.83. The van der Waals surface area contributed by atoms with Crippen molar-refractivity contribution in [3.8, 4) is 0 Å². The summed E-state index contributed by atoms with van der Waals surface area (Å²) in [5.41, 5.74) is 3.35. The molecule has 3 heterocycles. The zero-order valence-electron chi connectivity index (χ0n) is 22.1. The van der Waals surface area contributed by atoms with Crippen molar-refractivity contribution in [2.75, 3.05) is 39.3 Å². The lowest BCUT2D eigenvalue weighted by atomic mass is 10.0. The fourth-order valence-electron chi connectivity index (χ4n) is 5.55. The summed E-state index contributed by atoms with van der Waals surface area (Å²) in [4.78, 5) is 48.8. The van der Waals surface area contributed by atoms with E-state index in [9.17, 15) is 18.8 Å². The Balaban J connectivity index is 1.36. The normalized spacial score (nSPS) is 20.6. The van der Waals surface area contributed by atoms with Crippen LogP contribution in [0.2, 0.25) is 0 Å². The second-order valence-corrected chi connectivity index (χ2v) is 10.5. The molecule has 2 saturated heterocycles. The lowest BCUT2D eigenvalue weighted by Gasteiger charge is -2.44. The average Bonchev–Trinajstić information content (AvgIpc) is 3.25. The fraction of sp³-hybridized carbons (Fsp3) is 0.414. The first-order valence-electron chi connectivity index (χ1n) is 13.2. The Morgan fingerprint density at radius 3 is 2.39 bits per heavy atom. The Labute approximate surface area is 221 Å². The Bertz CT molecular complexity index is 1360. The topological polar surface area (TPSA) is 88.8 Å². The lowest BCUT2D eigenvalue weighted by molar-refractivity contribution is -0.127. The molecule has 0 spiro atoms. The largest absolute Gasteiger partial charge is 0.358 e. The monoisotopic (exact) mass is 519 g/mol. The number of rotatable bonds is 5. The molecule has 3 aromatic rings. The highest BCUT2D eigenvalue weighted by atomic mass is 19.1. The average molecular weight is 520 g/mol. The molecule has 8 nitrogen and oxygen atoms in total. The number of nitrogens with one attached hydrogen (secondary N) is 2. The quantitative estimate of drug-likeness (QED) is 0.400. The summed E-state index contributed by atoms with van der Waals surface area (Å²) < 4.78 is 13.3. The van der Waals surface area contributed by atoms with Crippen molar-refractivity contribution in [3.05, 3.63) is 70.7 Å². The van der Waals surface area contributed by atoms with Crippen molar-refractivity contribution in [2.45, 2.75) is 39.4 Å². The third kappa shape index (κ3) is 5.08. The van der Waals surface area contributed by atoms with Crippen molar-refractivity contribution in [3.63, 3.8) is 0 Å². The molecule has 0 radical (unpaired) electrons. The maximum absolute atomic E-state index is 13.9. The molecule has 0 bridgehead atoms. The predicted octanol–water partition coefficient (Wildman–Crippen LogP) is 2.96. The van der Waals surface area contributed by atoms with Crippen molar-refractivity contribution >= 4 is 28.5 Å². The zero-order valence-corrected chi connectivity index (χ0v) is 22.1. The standard InChI is InChI=1S/C29H34FN5O3/c1-18-16-35(19(2)15-34(18)17-21-4-7-23(30)8-5-21)28(37)26-20(3)32-25-9-6-22(14-24(25)26)27(36)29(38)33-12-10-31-11-13-33/h4-9,14,18-19,31-32H,10-13,15-17H2,1-3H3/t18-,19-/m1/s1. The number of piperazine rings is 2. The van der Waals surface area contributed by atoms with Crippen LogP contribution in [0.25, 0.3) is 10.9 Å². The van der Waals surface area contributed by atoms with E-state index in [0.717, 1.165) is 16.8 Å². The maximum Gasteiger partial charge on any atom is 0.295 e. The number of aromatic amines is 1. The summed E-state index contributed by atoms with van der Waals surface area (Å²) in [6.45, 7) is 10.3. The van der Waals surface area contributed by atoms with Gasteiger partial charge < -0.3 is 20.1 Å². The van der Waals surface area contributed by atoms with Crippen molar-refractivity contribution < 1.29 is 18.8 Å².